The van der Waals surface area contributed by atoms with E-state index in [1.807, 2.05) is 48.5 Å². The van der Waals surface area contributed by atoms with Crippen molar-refractivity contribution in [2.24, 2.45) is 11.3 Å². The average Bonchev–Trinajstić information content (AvgIpc) is 3.03. The fourth-order valence-electron chi connectivity index (χ4n) is 8.80. The van der Waals surface area contributed by atoms with E-state index >= 15 is 0 Å². The van der Waals surface area contributed by atoms with Crippen molar-refractivity contribution in [1.82, 2.24) is 0 Å². The molecule has 0 spiro atoms. The van der Waals surface area contributed by atoms with Crippen molar-refractivity contribution in [2.75, 3.05) is 35.5 Å². The topological polar surface area (TPSA) is 92.7 Å². The lowest BCUT2D eigenvalue weighted by Gasteiger charge is -2.62. The molecule has 1 N–H and O–H groups in total. The summed E-state index contributed by atoms with van der Waals surface area (Å²) in [5, 5.41) is 12.4. The van der Waals surface area contributed by atoms with Gasteiger partial charge in [-0.1, -0.05) is 77.9 Å². The van der Waals surface area contributed by atoms with Gasteiger partial charge in [0.05, 0.1) is 39.5 Å². The van der Waals surface area contributed by atoms with Gasteiger partial charge < -0.3 is 33.2 Å². The number of hydrogen-bond donors (Lipinski definition) is 1. The number of hydrogen-bond acceptors (Lipinski definition) is 8. The fourth-order valence-corrected chi connectivity index (χ4v) is 14.4. The Kier molecular flexibility index (Phi) is 10.6. The van der Waals surface area contributed by atoms with Crippen LogP contribution in [0.4, 0.5) is 0 Å². The Morgan fingerprint density at radius 2 is 1.38 bits per heavy atom. The summed E-state index contributed by atoms with van der Waals surface area (Å²) >= 11 is 0. The Labute approximate surface area is 270 Å². The number of allylic oxidation sites excluding steroid dienone is 1. The standard InChI is InChI=1S/C36H52O8Si/c1-22(2)45(23(3)4,24(5)6)44-30-21-35(34(38)25-15-13-12-14-16-25)31(37)20-29(41-9)33(36(35,42-10)43-11)32(30)26-17-18-27(39-7)28(19-26)40-8/h12-20,22-24,30,32-34,38H,21H2,1-11H3/t30-,32+,33+,34?,35+/m0/s1. The summed E-state index contributed by atoms with van der Waals surface area (Å²) in [6, 6.07) is 15.1. The van der Waals surface area contributed by atoms with Crippen molar-refractivity contribution in [2.45, 2.75) is 88.5 Å². The Morgan fingerprint density at radius 3 is 1.87 bits per heavy atom. The molecule has 1 fully saturated rings. The van der Waals surface area contributed by atoms with E-state index in [4.69, 9.17) is 28.1 Å². The molecule has 9 heteroatoms. The van der Waals surface area contributed by atoms with Crippen LogP contribution >= 0.6 is 0 Å². The van der Waals surface area contributed by atoms with Gasteiger partial charge in [0.15, 0.2) is 23.1 Å². The maximum atomic E-state index is 14.6. The lowest BCUT2D eigenvalue weighted by atomic mass is 9.50. The summed E-state index contributed by atoms with van der Waals surface area (Å²) in [7, 11) is 5.32. The number of methoxy groups -OCH3 is 5. The van der Waals surface area contributed by atoms with Crippen LogP contribution in [-0.4, -0.2) is 66.6 Å². The molecule has 0 amide bonds. The minimum Gasteiger partial charge on any atom is -0.500 e. The molecule has 5 atom stereocenters. The number of carbonyl (C=O) groups is 1. The zero-order chi connectivity index (χ0) is 33.3. The highest BCUT2D eigenvalue weighted by atomic mass is 28.4. The number of fused-ring (bicyclic) bond motifs is 2. The molecule has 0 aliphatic heterocycles. The summed E-state index contributed by atoms with van der Waals surface area (Å²) in [6.45, 7) is 13.5. The molecule has 2 aliphatic rings. The van der Waals surface area contributed by atoms with Gasteiger partial charge in [-0.3, -0.25) is 4.79 Å². The quantitative estimate of drug-likeness (QED) is 0.182. The molecule has 0 aromatic heterocycles. The summed E-state index contributed by atoms with van der Waals surface area (Å²) < 4.78 is 37.8. The number of aliphatic hydroxyl groups excluding tert-OH is 1. The number of carbonyl (C=O) groups excluding carboxylic acids is 1. The SMILES string of the molecule is COC1=CC(=O)[C@@]2(C(O)c3ccccc3)C[C@H](O[Si](C(C)C)(C(C)C)C(C)C)[C@@H](c3ccc(OC)c(OC)c3)[C@@H]1C2(OC)OC. The maximum absolute atomic E-state index is 14.6. The Morgan fingerprint density at radius 1 is 0.800 bits per heavy atom. The fraction of sp³-hybridized carbons (Fsp3) is 0.583. The van der Waals surface area contributed by atoms with E-state index in [-0.39, 0.29) is 28.8 Å². The van der Waals surface area contributed by atoms with Crippen LogP contribution < -0.4 is 9.47 Å². The summed E-state index contributed by atoms with van der Waals surface area (Å²) in [4.78, 5) is 14.6. The predicted molar refractivity (Wildman–Crippen MR) is 177 cm³/mol. The molecule has 248 valence electrons. The molecular formula is C36H52O8Si. The van der Waals surface area contributed by atoms with Gasteiger partial charge in [-0.05, 0) is 46.3 Å². The van der Waals surface area contributed by atoms with Gasteiger partial charge in [-0.2, -0.15) is 0 Å². The van der Waals surface area contributed by atoms with Crippen LogP contribution in [-0.2, 0) is 23.4 Å². The molecule has 2 aromatic rings. The Bertz CT molecular complexity index is 1330. The molecule has 0 heterocycles. The van der Waals surface area contributed by atoms with E-state index in [9.17, 15) is 9.90 Å². The Balaban J connectivity index is 2.11. The lowest BCUT2D eigenvalue weighted by Crippen LogP contribution is -2.71. The van der Waals surface area contributed by atoms with E-state index < -0.39 is 43.6 Å². The van der Waals surface area contributed by atoms with Crippen molar-refractivity contribution in [3.8, 4) is 11.5 Å². The molecule has 0 saturated heterocycles. The first-order valence-electron chi connectivity index (χ1n) is 15.9. The van der Waals surface area contributed by atoms with Crippen molar-refractivity contribution >= 4 is 14.1 Å². The first-order chi connectivity index (χ1) is 21.4. The van der Waals surface area contributed by atoms with Gasteiger partial charge in [0.25, 0.3) is 0 Å². The van der Waals surface area contributed by atoms with Gasteiger partial charge in [-0.25, -0.2) is 0 Å². The molecule has 0 radical (unpaired) electrons. The predicted octanol–water partition coefficient (Wildman–Crippen LogP) is 7.19. The molecule has 2 aliphatic carbocycles. The summed E-state index contributed by atoms with van der Waals surface area (Å²) in [5.41, 5.74) is 0.795. The summed E-state index contributed by atoms with van der Waals surface area (Å²) in [6.07, 6.45) is -0.0803. The van der Waals surface area contributed by atoms with Gasteiger partial charge in [-0.15, -0.1) is 0 Å². The zero-order valence-corrected chi connectivity index (χ0v) is 29.7. The second-order valence-corrected chi connectivity index (χ2v) is 18.7. The molecule has 1 saturated carbocycles. The number of ketones is 1. The first-order valence-corrected chi connectivity index (χ1v) is 18.0. The lowest BCUT2D eigenvalue weighted by molar-refractivity contribution is -0.339. The Hall–Kier alpha value is -2.69. The smallest absolute Gasteiger partial charge is 0.200 e. The van der Waals surface area contributed by atoms with Crippen molar-refractivity contribution in [1.29, 1.82) is 0 Å². The molecule has 4 rings (SSSR count). The van der Waals surface area contributed by atoms with E-state index in [1.54, 1.807) is 21.3 Å². The largest absolute Gasteiger partial charge is 0.500 e. The number of aliphatic hydroxyl groups is 1. The summed E-state index contributed by atoms with van der Waals surface area (Å²) in [5.74, 6) is -1.39. The molecule has 2 aromatic carbocycles. The van der Waals surface area contributed by atoms with Crippen LogP contribution in [0.15, 0.2) is 60.4 Å². The van der Waals surface area contributed by atoms with Crippen LogP contribution in [0.2, 0.25) is 16.6 Å². The highest BCUT2D eigenvalue weighted by Crippen LogP contribution is 2.66. The minimum absolute atomic E-state index is 0.160. The van der Waals surface area contributed by atoms with Crippen LogP contribution in [0.25, 0.3) is 0 Å². The van der Waals surface area contributed by atoms with Gasteiger partial charge in [0, 0.05) is 26.2 Å². The molecular weight excluding hydrogens is 588 g/mol. The number of ether oxygens (including phenoxy) is 5. The monoisotopic (exact) mass is 640 g/mol. The maximum Gasteiger partial charge on any atom is 0.200 e. The second-order valence-electron chi connectivity index (χ2n) is 13.3. The van der Waals surface area contributed by atoms with E-state index in [2.05, 4.69) is 41.5 Å². The average molecular weight is 641 g/mol. The van der Waals surface area contributed by atoms with Crippen molar-refractivity contribution in [3.05, 3.63) is 71.5 Å². The van der Waals surface area contributed by atoms with Crippen LogP contribution in [0.1, 0.15) is 71.1 Å². The number of rotatable bonds is 13. The third kappa shape index (κ3) is 5.34. The van der Waals surface area contributed by atoms with E-state index in [1.165, 1.54) is 20.3 Å². The second kappa shape index (κ2) is 13.6. The van der Waals surface area contributed by atoms with Crippen molar-refractivity contribution < 1.29 is 38.0 Å². The van der Waals surface area contributed by atoms with E-state index in [0.717, 1.165) is 5.56 Å². The van der Waals surface area contributed by atoms with Gasteiger partial charge in [0.1, 0.15) is 11.2 Å². The highest BCUT2D eigenvalue weighted by molar-refractivity contribution is 6.77. The van der Waals surface area contributed by atoms with Crippen molar-refractivity contribution in [3.63, 3.8) is 0 Å². The molecule has 8 nitrogen and oxygen atoms in total. The minimum atomic E-state index is -2.54. The molecule has 45 heavy (non-hydrogen) atoms. The highest BCUT2D eigenvalue weighted by Gasteiger charge is 2.74. The third-order valence-electron chi connectivity index (χ3n) is 10.6. The third-order valence-corrected chi connectivity index (χ3v) is 16.7. The first kappa shape index (κ1) is 35.2. The molecule has 1 unspecified atom stereocenters. The van der Waals surface area contributed by atoms with Gasteiger partial charge >= 0.3 is 0 Å². The van der Waals surface area contributed by atoms with Crippen LogP contribution in [0.5, 0.6) is 11.5 Å². The van der Waals surface area contributed by atoms with Crippen LogP contribution in [0.3, 0.4) is 0 Å². The zero-order valence-electron chi connectivity index (χ0n) is 28.7. The number of benzene rings is 2. The van der Waals surface area contributed by atoms with Gasteiger partial charge in [0.2, 0.25) is 8.32 Å². The molecule has 2 bridgehead atoms. The van der Waals surface area contributed by atoms with Crippen LogP contribution in [0, 0.1) is 11.3 Å². The van der Waals surface area contributed by atoms with E-state index in [0.29, 0.717) is 22.8 Å². The normalized spacial score (nSPS) is 25.4.